The summed E-state index contributed by atoms with van der Waals surface area (Å²) in [5.41, 5.74) is 1.22. The van der Waals surface area contributed by atoms with E-state index in [1.54, 1.807) is 17.9 Å². The first-order valence-electron chi connectivity index (χ1n) is 13.2. The van der Waals surface area contributed by atoms with Crippen LogP contribution in [-0.4, -0.2) is 63.5 Å². The molecule has 198 valence electrons. The minimum atomic E-state index is -0.379. The molecular formula is C30H30N6O3. The van der Waals surface area contributed by atoms with Gasteiger partial charge in [-0.05, 0) is 53.8 Å². The number of aromatic nitrogens is 3. The number of fused-ring (bicyclic) bond motifs is 2. The summed E-state index contributed by atoms with van der Waals surface area (Å²) in [5.74, 6) is 1.35. The first-order chi connectivity index (χ1) is 18.9. The summed E-state index contributed by atoms with van der Waals surface area (Å²) in [6.07, 6.45) is 4.00. The van der Waals surface area contributed by atoms with Crippen LogP contribution in [0.5, 0.6) is 5.75 Å². The fourth-order valence-corrected chi connectivity index (χ4v) is 6.27. The molecule has 0 bridgehead atoms. The number of likely N-dealkylation sites (tertiary alicyclic amines) is 1. The fourth-order valence-electron chi connectivity index (χ4n) is 6.27. The highest BCUT2D eigenvalue weighted by molar-refractivity contribution is 5.98. The lowest BCUT2D eigenvalue weighted by molar-refractivity contribution is -0.152. The quantitative estimate of drug-likeness (QED) is 0.383. The van der Waals surface area contributed by atoms with Gasteiger partial charge in [-0.25, -0.2) is 9.97 Å². The van der Waals surface area contributed by atoms with Gasteiger partial charge in [-0.3, -0.25) is 14.2 Å². The van der Waals surface area contributed by atoms with Crippen LogP contribution in [0.1, 0.15) is 43.0 Å². The zero-order valence-corrected chi connectivity index (χ0v) is 22.3. The fraction of sp³-hybridized carbons (Fsp3) is 0.367. The normalized spacial score (nSPS) is 21.2. The number of benzene rings is 2. The maximum Gasteiger partial charge on any atom is 0.239 e. The number of nitriles is 1. The van der Waals surface area contributed by atoms with Gasteiger partial charge in [0.25, 0.3) is 0 Å². The number of amides is 1. The van der Waals surface area contributed by atoms with Crippen LogP contribution in [0.15, 0.2) is 55.0 Å². The second kappa shape index (κ2) is 9.38. The van der Waals surface area contributed by atoms with Crippen LogP contribution in [0.2, 0.25) is 0 Å². The molecule has 39 heavy (non-hydrogen) atoms. The number of hydrogen-bond donors (Lipinski definition) is 0. The van der Waals surface area contributed by atoms with Crippen LogP contribution >= 0.6 is 0 Å². The number of nitrogens with zero attached hydrogens (tertiary/aromatic N) is 6. The molecule has 1 spiro atoms. The van der Waals surface area contributed by atoms with E-state index in [-0.39, 0.29) is 29.7 Å². The van der Waals surface area contributed by atoms with Crippen molar-refractivity contribution >= 4 is 39.4 Å². The number of anilines is 1. The summed E-state index contributed by atoms with van der Waals surface area (Å²) in [5, 5.41) is 11.9. The van der Waals surface area contributed by atoms with Crippen molar-refractivity contribution in [2.45, 2.75) is 38.1 Å². The van der Waals surface area contributed by atoms with E-state index in [0.29, 0.717) is 24.7 Å². The van der Waals surface area contributed by atoms with Crippen LogP contribution in [0.4, 0.5) is 5.82 Å². The Kier molecular flexibility index (Phi) is 5.98. The number of ether oxygens (including phenoxy) is 1. The van der Waals surface area contributed by atoms with Gasteiger partial charge in [0.1, 0.15) is 24.3 Å². The molecule has 2 aliphatic heterocycles. The van der Waals surface area contributed by atoms with Crippen molar-refractivity contribution in [1.82, 2.24) is 19.4 Å². The van der Waals surface area contributed by atoms with Gasteiger partial charge in [-0.2, -0.15) is 5.26 Å². The van der Waals surface area contributed by atoms with Crippen molar-refractivity contribution in [1.29, 1.82) is 5.26 Å². The van der Waals surface area contributed by atoms with E-state index in [1.165, 1.54) is 6.33 Å². The molecule has 4 aromatic rings. The first-order valence-corrected chi connectivity index (χ1v) is 13.2. The Bertz CT molecular complexity index is 1660. The third kappa shape index (κ3) is 3.90. The lowest BCUT2D eigenvalue weighted by Crippen LogP contribution is -2.69. The van der Waals surface area contributed by atoms with Crippen LogP contribution < -0.4 is 9.64 Å². The van der Waals surface area contributed by atoms with Crippen molar-refractivity contribution < 1.29 is 14.3 Å². The van der Waals surface area contributed by atoms with Crippen molar-refractivity contribution in [3.05, 3.63) is 60.6 Å². The summed E-state index contributed by atoms with van der Waals surface area (Å²) >= 11 is 0. The molecule has 0 N–H and O–H groups in total. The lowest BCUT2D eigenvalue weighted by Gasteiger charge is -2.55. The van der Waals surface area contributed by atoms with Crippen LogP contribution in [0.3, 0.4) is 0 Å². The van der Waals surface area contributed by atoms with E-state index in [1.807, 2.05) is 60.4 Å². The average molecular weight is 523 g/mol. The van der Waals surface area contributed by atoms with Crippen LogP contribution in [-0.2, 0) is 4.79 Å². The molecule has 0 radical (unpaired) electrons. The van der Waals surface area contributed by atoms with E-state index in [0.717, 1.165) is 46.3 Å². The number of methoxy groups -OCH3 is 1. The maximum atomic E-state index is 13.7. The smallest absolute Gasteiger partial charge is 0.239 e. The highest BCUT2D eigenvalue weighted by Gasteiger charge is 2.56. The molecule has 2 aromatic heterocycles. The second-order valence-electron chi connectivity index (χ2n) is 10.7. The number of rotatable bonds is 5. The monoisotopic (exact) mass is 522 g/mol. The second-order valence-corrected chi connectivity index (χ2v) is 10.7. The summed E-state index contributed by atoms with van der Waals surface area (Å²) in [7, 11) is 1.65. The minimum Gasteiger partial charge on any atom is -0.497 e. The molecule has 2 fully saturated rings. The molecule has 4 heterocycles. The molecule has 3 atom stereocenters. The van der Waals surface area contributed by atoms with Crippen molar-refractivity contribution in [2.75, 3.05) is 31.6 Å². The van der Waals surface area contributed by atoms with E-state index in [2.05, 4.69) is 21.8 Å². The molecule has 9 nitrogen and oxygen atoms in total. The lowest BCUT2D eigenvalue weighted by atomic mass is 9.74. The molecule has 0 aliphatic carbocycles. The van der Waals surface area contributed by atoms with E-state index >= 15 is 0 Å². The number of carbonyl (C=O) groups excluding carboxylic acids is 2. The molecule has 6 rings (SSSR count). The van der Waals surface area contributed by atoms with Crippen molar-refractivity contribution in [2.24, 2.45) is 5.92 Å². The van der Waals surface area contributed by atoms with Gasteiger partial charge in [-0.15, -0.1) is 0 Å². The third-order valence-corrected chi connectivity index (χ3v) is 8.66. The van der Waals surface area contributed by atoms with Gasteiger partial charge in [0.15, 0.2) is 5.65 Å². The Hall–Kier alpha value is -4.45. The van der Waals surface area contributed by atoms with E-state index < -0.39 is 0 Å². The number of hydrogen-bond acceptors (Lipinski definition) is 7. The Morgan fingerprint density at radius 2 is 1.97 bits per heavy atom. The predicted molar refractivity (Wildman–Crippen MR) is 148 cm³/mol. The molecule has 1 amide bonds. The molecule has 2 saturated heterocycles. The third-order valence-electron chi connectivity index (χ3n) is 8.66. The Morgan fingerprint density at radius 3 is 2.74 bits per heavy atom. The zero-order chi connectivity index (χ0) is 27.3. The largest absolute Gasteiger partial charge is 0.497 e. The van der Waals surface area contributed by atoms with Crippen molar-refractivity contribution in [3.63, 3.8) is 0 Å². The van der Waals surface area contributed by atoms with Crippen LogP contribution in [0, 0.1) is 17.2 Å². The molecule has 0 unspecified atom stereocenters. The van der Waals surface area contributed by atoms with Gasteiger partial charge < -0.3 is 14.5 Å². The van der Waals surface area contributed by atoms with Crippen molar-refractivity contribution in [3.8, 4) is 11.8 Å². The molecule has 0 saturated carbocycles. The molecule has 2 aliphatic rings. The molecule has 2 aromatic carbocycles. The zero-order valence-electron chi connectivity index (χ0n) is 22.3. The van der Waals surface area contributed by atoms with Gasteiger partial charge in [0.2, 0.25) is 11.8 Å². The summed E-state index contributed by atoms with van der Waals surface area (Å²) in [6.45, 7) is 6.14. The maximum absolute atomic E-state index is 13.7. The number of carbonyl (C=O) groups is 2. The van der Waals surface area contributed by atoms with Crippen LogP contribution in [0.25, 0.3) is 21.8 Å². The standard InChI is InChI=1S/C30H30N6O3/c1-19-16-36(26(37)8-11-31)30(19)10-13-34(17-30)27-25-9-12-35(28(25)33-18-32-27)29(38)20(2)21-4-5-23-15-24(39-3)7-6-22(23)14-21/h4-7,9,12,14-15,18-20H,8,10,13,16-17H2,1-3H3/t19-,20-,30-/m0/s1. The van der Waals surface area contributed by atoms with Gasteiger partial charge >= 0.3 is 0 Å². The molecular weight excluding hydrogens is 492 g/mol. The molecule has 9 heteroatoms. The average Bonchev–Trinajstić information content (AvgIpc) is 3.61. The predicted octanol–water partition coefficient (Wildman–Crippen LogP) is 4.38. The summed E-state index contributed by atoms with van der Waals surface area (Å²) < 4.78 is 6.94. The SMILES string of the molecule is COc1ccc2cc([C@H](C)C(=O)n3ccc4c(N5CC[C@]6(C5)[C@@H](C)CN6C(=O)CC#N)ncnc43)ccc2c1. The van der Waals surface area contributed by atoms with Gasteiger partial charge in [0, 0.05) is 25.8 Å². The van der Waals surface area contributed by atoms with E-state index in [4.69, 9.17) is 10.00 Å². The summed E-state index contributed by atoms with van der Waals surface area (Å²) in [4.78, 5) is 39.4. The summed E-state index contributed by atoms with van der Waals surface area (Å²) in [6, 6.07) is 15.8. The Balaban J connectivity index is 1.27. The minimum absolute atomic E-state index is 0.0682. The van der Waals surface area contributed by atoms with E-state index in [9.17, 15) is 9.59 Å². The topological polar surface area (TPSA) is 104 Å². The van der Waals surface area contributed by atoms with Gasteiger partial charge in [-0.1, -0.05) is 31.2 Å². The Morgan fingerprint density at radius 1 is 1.18 bits per heavy atom. The highest BCUT2D eigenvalue weighted by Crippen LogP contribution is 2.45. The Labute approximate surface area is 226 Å². The highest BCUT2D eigenvalue weighted by atomic mass is 16.5. The first kappa shape index (κ1) is 24.9. The van der Waals surface area contributed by atoms with Gasteiger partial charge in [0.05, 0.1) is 30.0 Å².